The minimum Gasteiger partial charge on any atom is -0.456 e. The third-order valence-corrected chi connectivity index (χ3v) is 16.8. The summed E-state index contributed by atoms with van der Waals surface area (Å²) in [7, 11) is 0. The van der Waals surface area contributed by atoms with Gasteiger partial charge in [-0.2, -0.15) is 0 Å². The quantitative estimate of drug-likeness (QED) is 0.166. The fourth-order valence-electron chi connectivity index (χ4n) is 13.0. The maximum atomic E-state index is 6.75. The largest absolute Gasteiger partial charge is 0.456 e. The van der Waals surface area contributed by atoms with Crippen molar-refractivity contribution in [1.82, 2.24) is 0 Å². The molecule has 0 atom stereocenters. The molecule has 0 amide bonds. The lowest BCUT2D eigenvalue weighted by molar-refractivity contribution is 0.656. The van der Waals surface area contributed by atoms with Gasteiger partial charge < -0.3 is 18.6 Å². The van der Waals surface area contributed by atoms with Gasteiger partial charge in [0.25, 0.3) is 0 Å². The highest BCUT2D eigenvalue weighted by Crippen LogP contribution is 2.53. The summed E-state index contributed by atoms with van der Waals surface area (Å²) in [5.74, 6) is 0. The zero-order valence-corrected chi connectivity index (χ0v) is 42.3. The van der Waals surface area contributed by atoms with Gasteiger partial charge in [0.1, 0.15) is 22.3 Å². The fourth-order valence-corrected chi connectivity index (χ4v) is 13.0. The molecule has 15 rings (SSSR count). The summed E-state index contributed by atoms with van der Waals surface area (Å²) in [5, 5.41) is 8.89. The second kappa shape index (κ2) is 15.3. The smallest absolute Gasteiger partial charge is 0.139 e. The van der Waals surface area contributed by atoms with Crippen LogP contribution in [0.3, 0.4) is 0 Å². The third-order valence-electron chi connectivity index (χ3n) is 16.8. The highest BCUT2D eigenvalue weighted by atomic mass is 16.3. The summed E-state index contributed by atoms with van der Waals surface area (Å²) >= 11 is 0. The Balaban J connectivity index is 0.816. The molecule has 0 aliphatic heterocycles. The first kappa shape index (κ1) is 42.8. The van der Waals surface area contributed by atoms with Crippen LogP contribution < -0.4 is 9.80 Å². The summed E-state index contributed by atoms with van der Waals surface area (Å²) in [6.45, 7) is 13.7. The maximum Gasteiger partial charge on any atom is 0.139 e. The summed E-state index contributed by atoms with van der Waals surface area (Å²) in [4.78, 5) is 4.81. The molecule has 11 aromatic carbocycles. The van der Waals surface area contributed by atoms with Crippen molar-refractivity contribution >= 4 is 99.5 Å². The Labute approximate surface area is 430 Å². The molecule has 0 fully saturated rings. The molecule has 2 aliphatic carbocycles. The van der Waals surface area contributed by atoms with E-state index >= 15 is 0 Å². The summed E-state index contributed by atoms with van der Waals surface area (Å²) < 4.78 is 13.5. The van der Waals surface area contributed by atoms with E-state index in [1.165, 1.54) is 55.6 Å². The van der Waals surface area contributed by atoms with Crippen molar-refractivity contribution in [3.63, 3.8) is 0 Å². The number of nitrogens with zero attached hydrogens (tertiary/aromatic N) is 2. The number of hydrogen-bond donors (Lipinski definition) is 0. The van der Waals surface area contributed by atoms with Crippen LogP contribution >= 0.6 is 0 Å². The van der Waals surface area contributed by atoms with Crippen molar-refractivity contribution in [2.24, 2.45) is 0 Å². The van der Waals surface area contributed by atoms with E-state index in [1.54, 1.807) is 0 Å². The molecule has 2 aromatic heterocycles. The number of aryl methyl sites for hydroxylation is 2. The van der Waals surface area contributed by atoms with E-state index < -0.39 is 0 Å². The molecule has 74 heavy (non-hydrogen) atoms. The minimum absolute atomic E-state index is 0.0599. The lowest BCUT2D eigenvalue weighted by Gasteiger charge is -2.28. The van der Waals surface area contributed by atoms with E-state index in [-0.39, 0.29) is 10.8 Å². The molecule has 0 unspecified atom stereocenters. The van der Waals surface area contributed by atoms with Crippen molar-refractivity contribution < 1.29 is 8.83 Å². The molecule has 0 N–H and O–H groups in total. The van der Waals surface area contributed by atoms with Crippen molar-refractivity contribution in [3.8, 4) is 22.3 Å². The van der Waals surface area contributed by atoms with Crippen LogP contribution in [0.5, 0.6) is 0 Å². The van der Waals surface area contributed by atoms with Crippen LogP contribution in [0, 0.1) is 13.8 Å². The number of para-hydroxylation sites is 2. The maximum absolute atomic E-state index is 6.75. The number of furan rings is 2. The molecule has 0 radical (unpaired) electrons. The molecule has 4 heteroatoms. The van der Waals surface area contributed by atoms with Crippen LogP contribution in [0.4, 0.5) is 34.1 Å². The summed E-state index contributed by atoms with van der Waals surface area (Å²) in [6, 6.07) is 76.1. The van der Waals surface area contributed by atoms with E-state index in [2.05, 4.69) is 258 Å². The second-order valence-electron chi connectivity index (χ2n) is 21.9. The highest BCUT2D eigenvalue weighted by Gasteiger charge is 2.37. The molecule has 4 nitrogen and oxygen atoms in total. The predicted octanol–water partition coefficient (Wildman–Crippen LogP) is 20.0. The van der Waals surface area contributed by atoms with Crippen LogP contribution in [0.15, 0.2) is 215 Å². The number of benzene rings is 11. The Morgan fingerprint density at radius 3 is 1.12 bits per heavy atom. The minimum atomic E-state index is -0.0599. The molecule has 0 bridgehead atoms. The van der Waals surface area contributed by atoms with Crippen LogP contribution in [0.1, 0.15) is 61.1 Å². The van der Waals surface area contributed by atoms with Gasteiger partial charge in [-0.15, -0.1) is 0 Å². The van der Waals surface area contributed by atoms with Crippen LogP contribution in [-0.4, -0.2) is 0 Å². The normalized spacial score (nSPS) is 14.0. The fraction of sp³-hybridized carbons (Fsp3) is 0.114. The van der Waals surface area contributed by atoms with E-state index in [0.717, 1.165) is 99.5 Å². The van der Waals surface area contributed by atoms with Gasteiger partial charge in [-0.05, 0) is 182 Å². The standard InChI is InChI=1S/C70H52N2O2/c1-41-15-7-13-21-63(41)71(49-27-29-61-53(37-49)51-17-9-11-19-59(51)69(61,3)4)47-25-23-43-33-55-57-39-58-56-34-44-24-26-48(32-46(44)36-66(56)74-68(58)40-67(57)73-65(55)35-45(43)31-47)72(64-22-14-8-16-42(64)2)50-28-30-62-54(38-50)52-18-10-12-20-60(52)70(62,5)6/h7-40H,1-6H3. The number of rotatable bonds is 6. The lowest BCUT2D eigenvalue weighted by Crippen LogP contribution is -2.15. The molecule has 2 heterocycles. The van der Waals surface area contributed by atoms with E-state index in [4.69, 9.17) is 8.83 Å². The van der Waals surface area contributed by atoms with Gasteiger partial charge in [0.05, 0.1) is 0 Å². The van der Waals surface area contributed by atoms with Crippen LogP contribution in [0.25, 0.3) is 87.7 Å². The summed E-state index contributed by atoms with van der Waals surface area (Å²) in [6.07, 6.45) is 0. The Bertz CT molecular complexity index is 4260. The monoisotopic (exact) mass is 952 g/mol. The molecule has 0 saturated heterocycles. The van der Waals surface area contributed by atoms with Crippen LogP contribution in [0.2, 0.25) is 0 Å². The third kappa shape index (κ3) is 6.15. The average molecular weight is 953 g/mol. The average Bonchev–Trinajstić information content (AvgIpc) is 4.09. The molecule has 354 valence electrons. The zero-order valence-electron chi connectivity index (χ0n) is 42.3. The highest BCUT2D eigenvalue weighted by molar-refractivity contribution is 6.18. The summed E-state index contributed by atoms with van der Waals surface area (Å²) in [5.41, 5.74) is 23.1. The van der Waals surface area contributed by atoms with E-state index in [1.807, 2.05) is 0 Å². The number of anilines is 6. The van der Waals surface area contributed by atoms with Crippen molar-refractivity contribution in [1.29, 1.82) is 0 Å². The van der Waals surface area contributed by atoms with Gasteiger partial charge in [0, 0.05) is 72.6 Å². The molecule has 0 saturated carbocycles. The predicted molar refractivity (Wildman–Crippen MR) is 310 cm³/mol. The molecule has 13 aromatic rings. The SMILES string of the molecule is Cc1ccccc1N(c1ccc2c(c1)-c1ccccc1C2(C)C)c1ccc2cc3c(cc2c1)oc1cc2oc4cc5cc(N(c6ccc7c(c6)-c6ccccc6C7(C)C)c6ccccc6C)ccc5cc4c2cc13. The molecule has 2 aliphatic rings. The lowest BCUT2D eigenvalue weighted by atomic mass is 9.82. The van der Waals surface area contributed by atoms with Crippen LogP contribution in [-0.2, 0) is 10.8 Å². The first-order valence-electron chi connectivity index (χ1n) is 25.9. The Morgan fingerprint density at radius 1 is 0.297 bits per heavy atom. The Morgan fingerprint density at radius 2 is 0.662 bits per heavy atom. The van der Waals surface area contributed by atoms with E-state index in [9.17, 15) is 0 Å². The van der Waals surface area contributed by atoms with E-state index in [0.29, 0.717) is 0 Å². The van der Waals surface area contributed by atoms with Crippen molar-refractivity contribution in [3.05, 3.63) is 240 Å². The van der Waals surface area contributed by atoms with Crippen molar-refractivity contribution in [2.45, 2.75) is 52.4 Å². The van der Waals surface area contributed by atoms with Gasteiger partial charge in [0.2, 0.25) is 0 Å². The number of hydrogen-bond acceptors (Lipinski definition) is 4. The first-order chi connectivity index (χ1) is 36.0. The molecule has 0 spiro atoms. The zero-order chi connectivity index (χ0) is 49.8. The van der Waals surface area contributed by atoms with Crippen molar-refractivity contribution in [2.75, 3.05) is 9.80 Å². The molecular weight excluding hydrogens is 901 g/mol. The van der Waals surface area contributed by atoms with Gasteiger partial charge in [-0.1, -0.05) is 137 Å². The van der Waals surface area contributed by atoms with Gasteiger partial charge in [-0.3, -0.25) is 0 Å². The topological polar surface area (TPSA) is 32.8 Å². The van der Waals surface area contributed by atoms with Gasteiger partial charge in [-0.25, -0.2) is 0 Å². The molecular formula is C70H52N2O2. The number of fused-ring (bicyclic) bond motifs is 14. The van der Waals surface area contributed by atoms with Gasteiger partial charge in [0.15, 0.2) is 0 Å². The first-order valence-corrected chi connectivity index (χ1v) is 25.9. The van der Waals surface area contributed by atoms with Gasteiger partial charge >= 0.3 is 0 Å². The second-order valence-corrected chi connectivity index (χ2v) is 21.9. The Hall–Kier alpha value is -8.86. The Kier molecular flexibility index (Phi) is 8.87.